The third-order valence-corrected chi connectivity index (χ3v) is 6.62. The van der Waals surface area contributed by atoms with Gasteiger partial charge < -0.3 is 24.1 Å². The maximum atomic E-state index is 10.4. The fraction of sp³-hybridized carbons (Fsp3) is 0.519. The van der Waals surface area contributed by atoms with E-state index >= 15 is 0 Å². The van der Waals surface area contributed by atoms with Gasteiger partial charge in [-0.3, -0.25) is 0 Å². The smallest absolute Gasteiger partial charge is 0.328 e. The van der Waals surface area contributed by atoms with E-state index in [9.17, 15) is 4.79 Å². The van der Waals surface area contributed by atoms with Crippen molar-refractivity contribution in [1.82, 2.24) is 0 Å². The van der Waals surface area contributed by atoms with Crippen LogP contribution in [-0.4, -0.2) is 54.3 Å². The van der Waals surface area contributed by atoms with Gasteiger partial charge in [-0.25, -0.2) is 4.79 Å². The van der Waals surface area contributed by atoms with Gasteiger partial charge in [-0.1, -0.05) is 54.7 Å². The van der Waals surface area contributed by atoms with Gasteiger partial charge in [-0.2, -0.15) is 0 Å². The van der Waals surface area contributed by atoms with Gasteiger partial charge in [0.2, 0.25) is 0 Å². The van der Waals surface area contributed by atoms with Crippen LogP contribution in [0.3, 0.4) is 0 Å². The van der Waals surface area contributed by atoms with E-state index in [0.717, 1.165) is 31.9 Å². The van der Waals surface area contributed by atoms with E-state index in [4.69, 9.17) is 24.1 Å². The van der Waals surface area contributed by atoms with E-state index in [1.807, 2.05) is 18.2 Å². The molecule has 0 aromatic carbocycles. The molecule has 1 spiro atoms. The third kappa shape index (κ3) is 6.34. The SMILES string of the molecule is C=C(/C=C/C=C/C=C/C=C/C(=O)O)OC1CC[C@]2(CO2)[C@H]([C@@]2(C)O[C@@H]2CC=C(C)C)[C@@H]1OC. The molecule has 1 aliphatic carbocycles. The maximum absolute atomic E-state index is 10.4. The zero-order valence-corrected chi connectivity index (χ0v) is 20.0. The number of carboxylic acids is 1. The molecule has 3 rings (SSSR count). The fourth-order valence-corrected chi connectivity index (χ4v) is 4.86. The number of aliphatic carboxylic acids is 1. The van der Waals surface area contributed by atoms with E-state index in [0.29, 0.717) is 5.76 Å². The third-order valence-electron chi connectivity index (χ3n) is 6.62. The maximum Gasteiger partial charge on any atom is 0.328 e. The van der Waals surface area contributed by atoms with E-state index < -0.39 is 5.97 Å². The van der Waals surface area contributed by atoms with Gasteiger partial charge in [-0.15, -0.1) is 0 Å². The standard InChI is InChI=1S/C27H36O6/c1-19(2)14-15-22-26(4,33-22)25-24(30-5)21(16-17-27(25)18-31-27)32-20(3)12-10-8-6-7-9-11-13-23(28)29/h6-14,21-22,24-25H,3,15-18H2,1-2,4-5H3,(H,28,29)/b8-6+,9-7+,12-10+,13-11+/t21?,22-,24-,25+,26+,27+/m1/s1. The first-order chi connectivity index (χ1) is 15.7. The van der Waals surface area contributed by atoms with Crippen LogP contribution in [0.15, 0.2) is 72.6 Å². The van der Waals surface area contributed by atoms with Gasteiger partial charge in [0.15, 0.2) is 0 Å². The highest BCUT2D eigenvalue weighted by Crippen LogP contribution is 2.59. The van der Waals surface area contributed by atoms with Crippen LogP contribution in [0.2, 0.25) is 0 Å². The Morgan fingerprint density at radius 1 is 1.15 bits per heavy atom. The molecule has 0 bridgehead atoms. The van der Waals surface area contributed by atoms with Crippen LogP contribution in [0.25, 0.3) is 0 Å². The summed E-state index contributed by atoms with van der Waals surface area (Å²) in [5.41, 5.74) is 0.839. The number of hydrogen-bond donors (Lipinski definition) is 1. The van der Waals surface area contributed by atoms with Crippen LogP contribution in [0.4, 0.5) is 0 Å². The first-order valence-electron chi connectivity index (χ1n) is 11.5. The number of hydrogen-bond acceptors (Lipinski definition) is 5. The molecule has 0 amide bonds. The van der Waals surface area contributed by atoms with E-state index in [2.05, 4.69) is 33.4 Å². The molecule has 1 N–H and O–H groups in total. The number of epoxide rings is 2. The Balaban J connectivity index is 1.59. The zero-order chi connectivity index (χ0) is 24.1. The lowest BCUT2D eigenvalue weighted by atomic mass is 9.68. The first kappa shape index (κ1) is 25.2. The molecular weight excluding hydrogens is 420 g/mol. The molecule has 2 aliphatic heterocycles. The molecule has 2 heterocycles. The van der Waals surface area contributed by atoms with Crippen molar-refractivity contribution in [2.24, 2.45) is 5.92 Å². The lowest BCUT2D eigenvalue weighted by molar-refractivity contribution is -0.131. The minimum atomic E-state index is -0.971. The van der Waals surface area contributed by atoms with Crippen LogP contribution < -0.4 is 0 Å². The summed E-state index contributed by atoms with van der Waals surface area (Å²) >= 11 is 0. The Bertz CT molecular complexity index is 871. The van der Waals surface area contributed by atoms with Crippen LogP contribution >= 0.6 is 0 Å². The quantitative estimate of drug-likeness (QED) is 0.157. The summed E-state index contributed by atoms with van der Waals surface area (Å²) in [5, 5.41) is 8.54. The van der Waals surface area contributed by atoms with Crippen molar-refractivity contribution in [3.8, 4) is 0 Å². The minimum absolute atomic E-state index is 0.102. The molecule has 6 nitrogen and oxygen atoms in total. The van der Waals surface area contributed by atoms with Gasteiger partial charge >= 0.3 is 5.97 Å². The Hall–Kier alpha value is -2.41. The minimum Gasteiger partial charge on any atom is -0.488 e. The second-order valence-electron chi connectivity index (χ2n) is 9.33. The van der Waals surface area contributed by atoms with Crippen molar-refractivity contribution < 1.29 is 28.8 Å². The number of ether oxygens (including phenoxy) is 4. The number of rotatable bonds is 11. The van der Waals surface area contributed by atoms with Crippen LogP contribution in [0, 0.1) is 5.92 Å². The summed E-state index contributed by atoms with van der Waals surface area (Å²) in [5.74, 6) is -0.304. The molecule has 0 aromatic rings. The molecule has 3 fully saturated rings. The predicted octanol–water partition coefficient (Wildman–Crippen LogP) is 4.90. The molecule has 33 heavy (non-hydrogen) atoms. The Kier molecular flexibility index (Phi) is 8.16. The molecule has 180 valence electrons. The van der Waals surface area contributed by atoms with Crippen LogP contribution in [-0.2, 0) is 23.7 Å². The van der Waals surface area contributed by atoms with Crippen molar-refractivity contribution in [1.29, 1.82) is 0 Å². The normalized spacial score (nSPS) is 35.6. The number of carboxylic acid groups (broad SMARTS) is 1. The summed E-state index contributed by atoms with van der Waals surface area (Å²) in [7, 11) is 1.73. The summed E-state index contributed by atoms with van der Waals surface area (Å²) in [4.78, 5) is 10.4. The van der Waals surface area contributed by atoms with E-state index in [-0.39, 0.29) is 35.4 Å². The van der Waals surface area contributed by atoms with Crippen molar-refractivity contribution in [3.05, 3.63) is 72.6 Å². The number of carbonyl (C=O) groups is 1. The highest BCUT2D eigenvalue weighted by atomic mass is 16.6. The molecule has 1 unspecified atom stereocenters. The second-order valence-corrected chi connectivity index (χ2v) is 9.33. The largest absolute Gasteiger partial charge is 0.488 e. The lowest BCUT2D eigenvalue weighted by Crippen LogP contribution is -2.55. The molecule has 3 aliphatic rings. The lowest BCUT2D eigenvalue weighted by Gasteiger charge is -2.43. The van der Waals surface area contributed by atoms with Gasteiger partial charge in [0.1, 0.15) is 29.2 Å². The van der Waals surface area contributed by atoms with Crippen LogP contribution in [0.5, 0.6) is 0 Å². The fourth-order valence-electron chi connectivity index (χ4n) is 4.86. The molecular formula is C27H36O6. The Labute approximate surface area is 196 Å². The molecule has 0 radical (unpaired) electrons. The summed E-state index contributed by atoms with van der Waals surface area (Å²) < 4.78 is 24.4. The second kappa shape index (κ2) is 10.7. The number of methoxy groups -OCH3 is 1. The van der Waals surface area contributed by atoms with Crippen LogP contribution in [0.1, 0.15) is 40.0 Å². The topological polar surface area (TPSA) is 80.8 Å². The average Bonchev–Trinajstić information content (AvgIpc) is 3.67. The van der Waals surface area contributed by atoms with Gasteiger partial charge in [0.25, 0.3) is 0 Å². The average molecular weight is 457 g/mol. The molecule has 2 saturated heterocycles. The summed E-state index contributed by atoms with van der Waals surface area (Å²) in [6, 6.07) is 0. The molecule has 1 saturated carbocycles. The zero-order valence-electron chi connectivity index (χ0n) is 20.0. The van der Waals surface area contributed by atoms with Gasteiger partial charge in [-0.05, 0) is 46.1 Å². The van der Waals surface area contributed by atoms with E-state index in [1.165, 1.54) is 11.6 Å². The first-order valence-corrected chi connectivity index (χ1v) is 11.5. The summed E-state index contributed by atoms with van der Waals surface area (Å²) in [6.45, 7) is 11.2. The summed E-state index contributed by atoms with van der Waals surface area (Å²) in [6.07, 6.45) is 18.0. The molecule has 6 atom stereocenters. The van der Waals surface area contributed by atoms with Crippen molar-refractivity contribution in [3.63, 3.8) is 0 Å². The Morgan fingerprint density at radius 3 is 2.36 bits per heavy atom. The highest BCUT2D eigenvalue weighted by molar-refractivity contribution is 5.80. The van der Waals surface area contributed by atoms with Gasteiger partial charge in [0, 0.05) is 13.2 Å². The van der Waals surface area contributed by atoms with Crippen molar-refractivity contribution in [2.75, 3.05) is 13.7 Å². The molecule has 0 aromatic heterocycles. The monoisotopic (exact) mass is 456 g/mol. The predicted molar refractivity (Wildman–Crippen MR) is 128 cm³/mol. The number of allylic oxidation sites excluding steroid dienone is 8. The van der Waals surface area contributed by atoms with Gasteiger partial charge in [0.05, 0.1) is 18.6 Å². The highest BCUT2D eigenvalue weighted by Gasteiger charge is 2.72. The van der Waals surface area contributed by atoms with Crippen molar-refractivity contribution >= 4 is 5.97 Å². The van der Waals surface area contributed by atoms with Crippen molar-refractivity contribution in [2.45, 2.75) is 69.5 Å². The van der Waals surface area contributed by atoms with E-state index in [1.54, 1.807) is 25.3 Å². The Morgan fingerprint density at radius 2 is 1.79 bits per heavy atom. The molecule has 6 heteroatoms.